The van der Waals surface area contributed by atoms with Crippen molar-refractivity contribution in [1.29, 1.82) is 0 Å². The molecule has 3 aromatic rings. The van der Waals surface area contributed by atoms with Crippen LogP contribution in [0.2, 0.25) is 0 Å². The van der Waals surface area contributed by atoms with E-state index in [0.717, 1.165) is 22.9 Å². The first-order valence-electron chi connectivity index (χ1n) is 9.45. The number of nitrogens with two attached hydrogens (primary N) is 1. The predicted molar refractivity (Wildman–Crippen MR) is 109 cm³/mol. The highest BCUT2D eigenvalue weighted by Gasteiger charge is 2.33. The van der Waals surface area contributed by atoms with Crippen molar-refractivity contribution in [3.05, 3.63) is 77.0 Å². The maximum Gasteiger partial charge on any atom is 0.416 e. The summed E-state index contributed by atoms with van der Waals surface area (Å²) in [5, 5.41) is 6.90. The van der Waals surface area contributed by atoms with Crippen molar-refractivity contribution in [1.82, 2.24) is 15.1 Å². The smallest absolute Gasteiger partial charge is 0.348 e. The lowest BCUT2D eigenvalue weighted by Gasteiger charge is -2.20. The molecule has 2 aromatic carbocycles. The van der Waals surface area contributed by atoms with Crippen LogP contribution in [0.1, 0.15) is 27.0 Å². The van der Waals surface area contributed by atoms with Crippen LogP contribution < -0.4 is 11.1 Å². The van der Waals surface area contributed by atoms with Crippen LogP contribution in [0.3, 0.4) is 0 Å². The van der Waals surface area contributed by atoms with E-state index in [9.17, 15) is 18.0 Å². The van der Waals surface area contributed by atoms with E-state index >= 15 is 0 Å². The topological polar surface area (TPSA) is 72.9 Å². The van der Waals surface area contributed by atoms with Crippen LogP contribution in [0.4, 0.5) is 13.2 Å². The molecule has 0 unspecified atom stereocenters. The van der Waals surface area contributed by atoms with Gasteiger partial charge in [-0.05, 0) is 48.7 Å². The Morgan fingerprint density at radius 3 is 2.53 bits per heavy atom. The summed E-state index contributed by atoms with van der Waals surface area (Å²) in [6, 6.07) is 11.8. The third-order valence-corrected chi connectivity index (χ3v) is 4.99. The molecule has 0 bridgehead atoms. The van der Waals surface area contributed by atoms with Crippen LogP contribution in [0.15, 0.2) is 54.7 Å². The Kier molecular flexibility index (Phi) is 6.26. The lowest BCUT2D eigenvalue weighted by atomic mass is 9.99. The number of nitrogens with zero attached hydrogens (tertiary/aromatic N) is 2. The molecular formula is C22H23F3N4O. The van der Waals surface area contributed by atoms with Gasteiger partial charge in [0.25, 0.3) is 5.91 Å². The van der Waals surface area contributed by atoms with E-state index in [1.807, 2.05) is 26.1 Å². The van der Waals surface area contributed by atoms with Gasteiger partial charge in [-0.25, -0.2) is 0 Å². The van der Waals surface area contributed by atoms with Gasteiger partial charge in [-0.1, -0.05) is 24.3 Å². The van der Waals surface area contributed by atoms with Crippen LogP contribution in [0.25, 0.3) is 11.3 Å². The van der Waals surface area contributed by atoms with Crippen molar-refractivity contribution < 1.29 is 18.0 Å². The van der Waals surface area contributed by atoms with Crippen molar-refractivity contribution in [3.8, 4) is 11.3 Å². The fraction of sp³-hybridized carbons (Fsp3) is 0.273. The Morgan fingerprint density at radius 2 is 1.93 bits per heavy atom. The third kappa shape index (κ3) is 4.71. The van der Waals surface area contributed by atoms with Crippen molar-refractivity contribution in [3.63, 3.8) is 0 Å². The number of halogens is 3. The number of benzene rings is 2. The van der Waals surface area contributed by atoms with Gasteiger partial charge in [-0.3, -0.25) is 9.48 Å². The van der Waals surface area contributed by atoms with Crippen molar-refractivity contribution in [2.24, 2.45) is 12.8 Å². The molecule has 0 saturated heterocycles. The highest BCUT2D eigenvalue weighted by Crippen LogP contribution is 2.32. The van der Waals surface area contributed by atoms with Crippen LogP contribution in [-0.4, -0.2) is 28.3 Å². The molecule has 8 heteroatoms. The average Bonchev–Trinajstić information content (AvgIpc) is 3.12. The first-order valence-corrected chi connectivity index (χ1v) is 9.45. The average molecular weight is 416 g/mol. The van der Waals surface area contributed by atoms with Gasteiger partial charge in [0.2, 0.25) is 0 Å². The summed E-state index contributed by atoms with van der Waals surface area (Å²) in [7, 11) is 1.83. The van der Waals surface area contributed by atoms with E-state index in [-0.39, 0.29) is 24.4 Å². The Labute approximate surface area is 172 Å². The van der Waals surface area contributed by atoms with Gasteiger partial charge < -0.3 is 11.1 Å². The van der Waals surface area contributed by atoms with Gasteiger partial charge in [-0.15, -0.1) is 0 Å². The van der Waals surface area contributed by atoms with Crippen LogP contribution in [0.5, 0.6) is 0 Å². The zero-order valence-corrected chi connectivity index (χ0v) is 16.7. The minimum atomic E-state index is -4.46. The van der Waals surface area contributed by atoms with Gasteiger partial charge in [0.1, 0.15) is 0 Å². The number of rotatable bonds is 6. The molecule has 0 aliphatic carbocycles. The van der Waals surface area contributed by atoms with Gasteiger partial charge >= 0.3 is 6.18 Å². The molecular weight excluding hydrogens is 393 g/mol. The first kappa shape index (κ1) is 21.6. The summed E-state index contributed by atoms with van der Waals surface area (Å²) in [6.07, 6.45) is -2.78. The molecule has 30 heavy (non-hydrogen) atoms. The van der Waals surface area contributed by atoms with E-state index < -0.39 is 17.8 Å². The second-order valence-electron chi connectivity index (χ2n) is 7.13. The normalized spacial score (nSPS) is 12.6. The van der Waals surface area contributed by atoms with Gasteiger partial charge in [0, 0.05) is 37.0 Å². The van der Waals surface area contributed by atoms with Crippen molar-refractivity contribution in [2.45, 2.75) is 25.6 Å². The van der Waals surface area contributed by atoms with E-state index in [4.69, 9.17) is 5.73 Å². The number of aromatic nitrogens is 2. The number of hydrogen-bond donors (Lipinski definition) is 2. The molecule has 0 radical (unpaired) electrons. The highest BCUT2D eigenvalue weighted by atomic mass is 19.4. The first-order chi connectivity index (χ1) is 14.2. The lowest BCUT2D eigenvalue weighted by molar-refractivity contribution is -0.138. The van der Waals surface area contributed by atoms with E-state index in [1.54, 1.807) is 29.1 Å². The number of carbonyl (C=O) groups is 1. The Bertz CT molecular complexity index is 1040. The van der Waals surface area contributed by atoms with E-state index in [1.165, 1.54) is 12.1 Å². The van der Waals surface area contributed by atoms with Gasteiger partial charge in [-0.2, -0.15) is 18.3 Å². The zero-order chi connectivity index (χ0) is 21.9. The molecule has 5 nitrogen and oxygen atoms in total. The number of carbonyl (C=O) groups excluding carboxylic acids is 1. The lowest BCUT2D eigenvalue weighted by Crippen LogP contribution is -2.42. The maximum atomic E-state index is 13.2. The third-order valence-electron chi connectivity index (χ3n) is 4.99. The number of alkyl halides is 3. The zero-order valence-electron chi connectivity index (χ0n) is 16.7. The maximum absolute atomic E-state index is 13.2. The molecule has 0 spiro atoms. The largest absolute Gasteiger partial charge is 0.416 e. The van der Waals surface area contributed by atoms with Crippen LogP contribution >= 0.6 is 0 Å². The molecule has 3 N–H and O–H groups in total. The second kappa shape index (κ2) is 8.71. The predicted octanol–water partition coefficient (Wildman–Crippen LogP) is 3.71. The monoisotopic (exact) mass is 416 g/mol. The Morgan fingerprint density at radius 1 is 1.20 bits per heavy atom. The van der Waals surface area contributed by atoms with Crippen molar-refractivity contribution in [2.75, 3.05) is 6.54 Å². The minimum Gasteiger partial charge on any atom is -0.348 e. The summed E-state index contributed by atoms with van der Waals surface area (Å²) in [5.41, 5.74) is 8.29. The summed E-state index contributed by atoms with van der Waals surface area (Å²) >= 11 is 0. The molecule has 0 aliphatic heterocycles. The molecule has 1 aromatic heterocycles. The van der Waals surface area contributed by atoms with E-state index in [2.05, 4.69) is 10.4 Å². The number of aryl methyl sites for hydroxylation is 2. The summed E-state index contributed by atoms with van der Waals surface area (Å²) in [4.78, 5) is 12.7. The molecule has 3 rings (SSSR count). The number of amides is 1. The Hall–Kier alpha value is -3.13. The molecule has 158 valence electrons. The van der Waals surface area contributed by atoms with Gasteiger partial charge in [0.05, 0.1) is 11.3 Å². The number of hydrogen-bond acceptors (Lipinski definition) is 3. The van der Waals surface area contributed by atoms with Crippen LogP contribution in [0, 0.1) is 6.92 Å². The highest BCUT2D eigenvalue weighted by molar-refractivity contribution is 5.95. The molecule has 0 aliphatic rings. The fourth-order valence-electron chi connectivity index (χ4n) is 3.43. The quantitative estimate of drug-likeness (QED) is 0.643. The van der Waals surface area contributed by atoms with Gasteiger partial charge in [0.15, 0.2) is 0 Å². The minimum absolute atomic E-state index is 0.00991. The second-order valence-corrected chi connectivity index (χ2v) is 7.13. The van der Waals surface area contributed by atoms with Crippen molar-refractivity contribution >= 4 is 5.91 Å². The molecule has 0 fully saturated rings. The molecule has 1 amide bonds. The summed E-state index contributed by atoms with van der Waals surface area (Å²) < 4.78 is 41.4. The number of nitrogens with one attached hydrogen (secondary N) is 1. The fourth-order valence-corrected chi connectivity index (χ4v) is 3.43. The summed E-state index contributed by atoms with van der Waals surface area (Å²) in [5.74, 6) is -0.380. The summed E-state index contributed by atoms with van der Waals surface area (Å²) in [6.45, 7) is 1.91. The van der Waals surface area contributed by atoms with Crippen LogP contribution in [-0.2, 0) is 19.6 Å². The molecule has 1 heterocycles. The Balaban J connectivity index is 1.77. The van der Waals surface area contributed by atoms with E-state index in [0.29, 0.717) is 5.56 Å². The SMILES string of the molecule is Cc1cc(C(=O)N[C@H](CN)Cc2ccccc2C(F)(F)F)ccc1-c1ccnn1C. The standard InChI is InChI=1S/C22H23F3N4O/c1-14-11-16(7-8-18(14)20-9-10-27-29(20)2)21(30)28-17(13-26)12-15-5-3-4-6-19(15)22(23,24)25/h3-11,17H,12-13,26H2,1-2H3,(H,28,30)/t17-/m0/s1. The molecule has 0 saturated carbocycles. The molecule has 1 atom stereocenters.